The van der Waals surface area contributed by atoms with Crippen molar-refractivity contribution in [2.45, 2.75) is 12.6 Å². The molecule has 0 unspecified atom stereocenters. The van der Waals surface area contributed by atoms with Crippen LogP contribution in [0.2, 0.25) is 5.02 Å². The van der Waals surface area contributed by atoms with Crippen LogP contribution in [-0.2, 0) is 15.8 Å². The van der Waals surface area contributed by atoms with Gasteiger partial charge in [-0.1, -0.05) is 23.8 Å². The molecular formula is C25H18ClF3N2O4. The molecule has 1 aromatic heterocycles. The molecule has 2 amide bonds. The van der Waals surface area contributed by atoms with E-state index in [1.165, 1.54) is 24.4 Å². The van der Waals surface area contributed by atoms with Crippen LogP contribution in [0.3, 0.4) is 0 Å². The summed E-state index contributed by atoms with van der Waals surface area (Å²) in [7, 11) is 0. The van der Waals surface area contributed by atoms with Crippen LogP contribution < -0.4 is 9.64 Å². The second kappa shape index (κ2) is 7.65. The molecule has 35 heavy (non-hydrogen) atoms. The maximum Gasteiger partial charge on any atom is 0.417 e. The maximum absolute atomic E-state index is 13.1. The van der Waals surface area contributed by atoms with Crippen molar-refractivity contribution in [3.05, 3.63) is 64.8 Å². The smallest absolute Gasteiger partial charge is 0.417 e. The highest BCUT2D eigenvalue weighted by atomic mass is 35.5. The van der Waals surface area contributed by atoms with Gasteiger partial charge in [0.25, 0.3) is 0 Å². The predicted molar refractivity (Wildman–Crippen MR) is 118 cm³/mol. The number of carbonyl (C=O) groups is 3. The van der Waals surface area contributed by atoms with Crippen LogP contribution in [0.1, 0.15) is 22.3 Å². The zero-order chi connectivity index (χ0) is 24.6. The molecule has 2 aromatic rings. The number of nitrogens with zero attached hydrogens (tertiary/aromatic N) is 2. The summed E-state index contributed by atoms with van der Waals surface area (Å²) in [5.41, 5.74) is -1.29. The molecule has 6 atom stereocenters. The molecule has 0 N–H and O–H groups in total. The Hall–Kier alpha value is -3.20. The molecule has 1 aliphatic heterocycles. The average Bonchev–Trinajstić information content (AvgIpc) is 3.61. The summed E-state index contributed by atoms with van der Waals surface area (Å²) in [6.45, 7) is -0.524. The van der Waals surface area contributed by atoms with Crippen molar-refractivity contribution in [2.75, 3.05) is 11.5 Å². The van der Waals surface area contributed by atoms with Gasteiger partial charge in [-0.2, -0.15) is 13.2 Å². The molecule has 2 bridgehead atoms. The number of pyridine rings is 1. The highest BCUT2D eigenvalue weighted by molar-refractivity contribution is 6.31. The van der Waals surface area contributed by atoms with Gasteiger partial charge < -0.3 is 4.74 Å². The predicted octanol–water partition coefficient (Wildman–Crippen LogP) is 4.57. The minimum Gasteiger partial charge on any atom is -0.484 e. The Morgan fingerprint density at radius 3 is 2.29 bits per heavy atom. The zero-order valence-electron chi connectivity index (χ0n) is 18.0. The first-order valence-electron chi connectivity index (χ1n) is 11.2. The summed E-state index contributed by atoms with van der Waals surface area (Å²) >= 11 is 5.59. The molecule has 2 heterocycles. The average molecular weight is 503 g/mol. The molecule has 5 aliphatic rings. The normalized spacial score (nSPS) is 30.3. The molecule has 0 radical (unpaired) electrons. The summed E-state index contributed by atoms with van der Waals surface area (Å²) in [5.74, 6) is -0.239. The SMILES string of the molecule is O=C(COc1ccc(N2C(=O)[C@@H]3[C@@H]4C=C[C@@H]([C@H]5C[C@@H]45)[C@@H]3C2=O)nc1)c1ccc(Cl)c(C(F)(F)F)c1. The lowest BCUT2D eigenvalue weighted by Gasteiger charge is -2.37. The van der Waals surface area contributed by atoms with E-state index >= 15 is 0 Å². The number of hydrogen-bond donors (Lipinski definition) is 0. The van der Waals surface area contributed by atoms with Crippen molar-refractivity contribution in [2.24, 2.45) is 35.5 Å². The standard InChI is InChI=1S/C25H18ClF3N2O4/c26-18-5-1-11(7-17(18)25(27,28)29)19(32)10-35-12-2-6-20(30-9-12)31-23(33)21-13-3-4-14(16-8-15(13)16)22(21)24(31)34/h1-7,9,13-16,21-22H,8,10H2/t13-,14+,15+,16-,21-,22+. The fourth-order valence-electron chi connectivity index (χ4n) is 5.92. The Morgan fingerprint density at radius 2 is 1.71 bits per heavy atom. The summed E-state index contributed by atoms with van der Waals surface area (Å²) in [6, 6.07) is 5.82. The van der Waals surface area contributed by atoms with Gasteiger partial charge in [0.05, 0.1) is 28.6 Å². The van der Waals surface area contributed by atoms with E-state index in [0.29, 0.717) is 17.9 Å². The number of ether oxygens (including phenoxy) is 1. The van der Waals surface area contributed by atoms with Gasteiger partial charge in [-0.3, -0.25) is 14.4 Å². The van der Waals surface area contributed by atoms with Crippen LogP contribution >= 0.6 is 11.6 Å². The lowest BCUT2D eigenvalue weighted by atomic mass is 9.63. The Bertz CT molecular complexity index is 1260. The fourth-order valence-corrected chi connectivity index (χ4v) is 6.15. The molecule has 2 saturated carbocycles. The third kappa shape index (κ3) is 3.47. The van der Waals surface area contributed by atoms with Crippen LogP contribution in [0.4, 0.5) is 19.0 Å². The lowest BCUT2D eigenvalue weighted by Crippen LogP contribution is -2.40. The molecule has 7 rings (SSSR count). The summed E-state index contributed by atoms with van der Waals surface area (Å²) in [4.78, 5) is 44.0. The molecule has 3 fully saturated rings. The molecule has 10 heteroatoms. The number of imide groups is 1. The van der Waals surface area contributed by atoms with Crippen molar-refractivity contribution in [1.82, 2.24) is 4.98 Å². The first-order chi connectivity index (χ1) is 16.6. The number of halogens is 4. The molecule has 180 valence electrons. The zero-order valence-corrected chi connectivity index (χ0v) is 18.8. The van der Waals surface area contributed by atoms with Gasteiger partial charge in [-0.25, -0.2) is 9.88 Å². The highest BCUT2D eigenvalue weighted by Gasteiger charge is 2.67. The van der Waals surface area contributed by atoms with Crippen molar-refractivity contribution in [3.63, 3.8) is 0 Å². The molecule has 1 aromatic carbocycles. The lowest BCUT2D eigenvalue weighted by molar-refractivity contribution is -0.137. The van der Waals surface area contributed by atoms with Crippen LogP contribution in [0.5, 0.6) is 5.75 Å². The maximum atomic E-state index is 13.1. The van der Waals surface area contributed by atoms with Gasteiger partial charge in [-0.05, 0) is 60.4 Å². The van der Waals surface area contributed by atoms with E-state index in [9.17, 15) is 27.6 Å². The number of alkyl halides is 3. The number of ketones is 1. The number of benzene rings is 1. The third-order valence-electron chi connectivity index (χ3n) is 7.58. The first kappa shape index (κ1) is 22.3. The van der Waals surface area contributed by atoms with E-state index in [1.54, 1.807) is 0 Å². The van der Waals surface area contributed by atoms with Crippen LogP contribution in [-0.4, -0.2) is 29.2 Å². The Morgan fingerprint density at radius 1 is 1.06 bits per heavy atom. The van der Waals surface area contributed by atoms with E-state index in [1.807, 2.05) is 0 Å². The van der Waals surface area contributed by atoms with Crippen LogP contribution in [0.25, 0.3) is 0 Å². The quantitative estimate of drug-likeness (QED) is 0.340. The van der Waals surface area contributed by atoms with Gasteiger partial charge in [0.15, 0.2) is 12.4 Å². The molecule has 6 nitrogen and oxygen atoms in total. The fraction of sp³-hybridized carbons (Fsp3) is 0.360. The van der Waals surface area contributed by atoms with Gasteiger partial charge in [0, 0.05) is 5.56 Å². The van der Waals surface area contributed by atoms with Crippen LogP contribution in [0.15, 0.2) is 48.7 Å². The number of Topliss-reactive ketones (excluding diaryl/α,β-unsaturated/α-hetero) is 1. The topological polar surface area (TPSA) is 76.6 Å². The van der Waals surface area contributed by atoms with E-state index in [4.69, 9.17) is 16.3 Å². The highest BCUT2D eigenvalue weighted by Crippen LogP contribution is 2.65. The van der Waals surface area contributed by atoms with Crippen LogP contribution in [0, 0.1) is 35.5 Å². The van der Waals surface area contributed by atoms with E-state index in [2.05, 4.69) is 17.1 Å². The monoisotopic (exact) mass is 502 g/mol. The van der Waals surface area contributed by atoms with Gasteiger partial charge in [0.1, 0.15) is 11.6 Å². The number of anilines is 1. The molecule has 0 spiro atoms. The summed E-state index contributed by atoms with van der Waals surface area (Å²) < 4.78 is 44.5. The largest absolute Gasteiger partial charge is 0.484 e. The van der Waals surface area contributed by atoms with E-state index < -0.39 is 29.2 Å². The van der Waals surface area contributed by atoms with Crippen molar-refractivity contribution >= 4 is 35.0 Å². The number of amides is 2. The number of hydrogen-bond acceptors (Lipinski definition) is 5. The number of allylic oxidation sites excluding steroid dienone is 2. The Kier molecular flexibility index (Phi) is 4.87. The molecular weight excluding hydrogens is 485 g/mol. The number of rotatable bonds is 5. The third-order valence-corrected chi connectivity index (χ3v) is 7.91. The molecule has 1 saturated heterocycles. The second-order valence-electron chi connectivity index (χ2n) is 9.42. The summed E-state index contributed by atoms with van der Waals surface area (Å²) in [5, 5.41) is -0.499. The minimum absolute atomic E-state index is 0.107. The number of aromatic nitrogens is 1. The number of carbonyl (C=O) groups excluding carboxylic acids is 3. The Labute approximate surface area is 202 Å². The molecule has 4 aliphatic carbocycles. The second-order valence-corrected chi connectivity index (χ2v) is 9.83. The first-order valence-corrected chi connectivity index (χ1v) is 11.6. The van der Waals surface area contributed by atoms with E-state index in [-0.39, 0.29) is 52.6 Å². The summed E-state index contributed by atoms with van der Waals surface area (Å²) in [6.07, 6.45) is 1.85. The van der Waals surface area contributed by atoms with Crippen molar-refractivity contribution in [1.29, 1.82) is 0 Å². The van der Waals surface area contributed by atoms with Crippen molar-refractivity contribution in [3.8, 4) is 5.75 Å². The van der Waals surface area contributed by atoms with Gasteiger partial charge in [-0.15, -0.1) is 0 Å². The Balaban J connectivity index is 1.14. The minimum atomic E-state index is -4.69. The van der Waals surface area contributed by atoms with Gasteiger partial charge in [0.2, 0.25) is 11.8 Å². The van der Waals surface area contributed by atoms with Gasteiger partial charge >= 0.3 is 6.18 Å². The van der Waals surface area contributed by atoms with E-state index in [0.717, 1.165) is 17.4 Å². The van der Waals surface area contributed by atoms with Crippen molar-refractivity contribution < 1.29 is 32.3 Å².